The van der Waals surface area contributed by atoms with Crippen molar-refractivity contribution in [2.75, 3.05) is 23.9 Å². The highest BCUT2D eigenvalue weighted by molar-refractivity contribution is 8.00. The molecule has 3 aromatic rings. The molecule has 2 amide bonds. The molecule has 0 spiro atoms. The molecule has 2 unspecified atom stereocenters. The van der Waals surface area contributed by atoms with Crippen LogP contribution >= 0.6 is 11.8 Å². The van der Waals surface area contributed by atoms with Crippen LogP contribution in [0.5, 0.6) is 0 Å². The molecule has 2 aliphatic rings. The molecule has 1 saturated carbocycles. The Balaban J connectivity index is 1.60. The third kappa shape index (κ3) is 6.33. The second-order valence-corrected chi connectivity index (χ2v) is 14.6. The molecule has 246 valence electrons. The number of alkyl carbamates (subject to hydrolysis) is 1. The minimum atomic E-state index is -0.579. The number of nitrogens with zero attached hydrogens (tertiary/aromatic N) is 7. The molecule has 0 saturated heterocycles. The fourth-order valence-electron chi connectivity index (χ4n) is 5.98. The van der Waals surface area contributed by atoms with Gasteiger partial charge in [0.15, 0.2) is 11.0 Å². The summed E-state index contributed by atoms with van der Waals surface area (Å²) >= 11 is 1.47. The Morgan fingerprint density at radius 2 is 1.89 bits per heavy atom. The van der Waals surface area contributed by atoms with Gasteiger partial charge in [-0.25, -0.2) is 14.8 Å². The van der Waals surface area contributed by atoms with E-state index < -0.39 is 17.6 Å². The van der Waals surface area contributed by atoms with E-state index in [-0.39, 0.29) is 35.6 Å². The minimum Gasteiger partial charge on any atom is -0.443 e. The number of hydrogen-bond donors (Lipinski definition) is 1. The second-order valence-electron chi connectivity index (χ2n) is 13.5. The number of rotatable bonds is 9. The quantitative estimate of drug-likeness (QED) is 0.295. The van der Waals surface area contributed by atoms with Gasteiger partial charge in [0.2, 0.25) is 0 Å². The Morgan fingerprint density at radius 3 is 2.50 bits per heavy atom. The maximum Gasteiger partial charge on any atom is 0.407 e. The molecule has 3 aromatic heterocycles. The normalized spacial score (nSPS) is 18.1. The van der Waals surface area contributed by atoms with Gasteiger partial charge in [0, 0.05) is 38.2 Å². The van der Waals surface area contributed by atoms with Crippen molar-refractivity contribution in [3.8, 4) is 11.5 Å². The van der Waals surface area contributed by atoms with Gasteiger partial charge in [-0.05, 0) is 64.2 Å². The van der Waals surface area contributed by atoms with Crippen LogP contribution in [0.3, 0.4) is 0 Å². The lowest BCUT2D eigenvalue weighted by Crippen LogP contribution is -2.36. The van der Waals surface area contributed by atoms with Crippen LogP contribution in [0.2, 0.25) is 0 Å². The molecule has 2 atom stereocenters. The molecular weight excluding hydrogens is 604 g/mol. The molecule has 13 heteroatoms. The van der Waals surface area contributed by atoms with Crippen LogP contribution in [0.25, 0.3) is 11.5 Å². The first kappa shape index (κ1) is 33.4. The lowest BCUT2D eigenvalue weighted by Gasteiger charge is -2.35. The zero-order chi connectivity index (χ0) is 33.5. The Kier molecular flexibility index (Phi) is 9.44. The van der Waals surface area contributed by atoms with Crippen LogP contribution in [0, 0.1) is 5.41 Å². The SMILES string of the molecule is CNC(=O)OCc1nc(N(C)C(C)C)cc2c1C(C(C)(C)C)N(c1cccc(-c3nnc(SC4CCCC4=O)n3C(C)C)n1)C2=O. The number of aromatic nitrogens is 5. The number of Topliss-reactive ketones (excluding diaryl/α,β-unsaturated/α-hetero) is 1. The third-order valence-corrected chi connectivity index (χ3v) is 9.77. The van der Waals surface area contributed by atoms with Gasteiger partial charge in [-0.1, -0.05) is 38.6 Å². The zero-order valence-corrected chi connectivity index (χ0v) is 28.9. The van der Waals surface area contributed by atoms with Crippen molar-refractivity contribution >= 4 is 41.2 Å². The second kappa shape index (κ2) is 13.0. The summed E-state index contributed by atoms with van der Waals surface area (Å²) in [6.45, 7) is 14.3. The molecule has 1 fully saturated rings. The number of carbonyl (C=O) groups excluding carboxylic acids is 3. The van der Waals surface area contributed by atoms with E-state index in [2.05, 4.69) is 50.1 Å². The molecule has 5 rings (SSSR count). The summed E-state index contributed by atoms with van der Waals surface area (Å²) in [6, 6.07) is 7.06. The van der Waals surface area contributed by atoms with Crippen molar-refractivity contribution in [1.29, 1.82) is 0 Å². The fourth-order valence-corrected chi connectivity index (χ4v) is 7.27. The summed E-state index contributed by atoms with van der Waals surface area (Å²) in [7, 11) is 3.42. The Labute approximate surface area is 274 Å². The molecule has 1 N–H and O–H groups in total. The molecule has 12 nitrogen and oxygen atoms in total. The van der Waals surface area contributed by atoms with Gasteiger partial charge in [-0.3, -0.25) is 19.1 Å². The first-order valence-corrected chi connectivity index (χ1v) is 16.7. The van der Waals surface area contributed by atoms with Gasteiger partial charge in [0.05, 0.1) is 22.5 Å². The summed E-state index contributed by atoms with van der Waals surface area (Å²) in [4.78, 5) is 52.6. The van der Waals surface area contributed by atoms with Crippen LogP contribution in [0.15, 0.2) is 29.4 Å². The molecule has 4 heterocycles. The van der Waals surface area contributed by atoms with Crippen LogP contribution in [0.1, 0.15) is 101 Å². The predicted octanol–water partition coefficient (Wildman–Crippen LogP) is 5.98. The van der Waals surface area contributed by atoms with E-state index in [0.29, 0.717) is 46.0 Å². The standard InChI is InChI=1S/C33H44N8O4S/c1-18(2)39(9)26-16-20-27(22(36-26)17-45-32(44)34-8)28(33(5,6)7)41(30(20)43)25-15-10-12-21(35-25)29-37-38-31(40(29)19(3)4)46-24-14-11-13-23(24)42/h10,12,15-16,18-19,24,28H,11,13-14,17H2,1-9H3,(H,34,44). The maximum atomic E-state index is 14.4. The Bertz CT molecular complexity index is 1650. The summed E-state index contributed by atoms with van der Waals surface area (Å²) in [5, 5.41) is 12.1. The van der Waals surface area contributed by atoms with E-state index in [1.54, 1.807) is 4.90 Å². The largest absolute Gasteiger partial charge is 0.443 e. The van der Waals surface area contributed by atoms with Gasteiger partial charge < -0.3 is 15.0 Å². The summed E-state index contributed by atoms with van der Waals surface area (Å²) < 4.78 is 7.50. The number of anilines is 2. The van der Waals surface area contributed by atoms with Gasteiger partial charge >= 0.3 is 6.09 Å². The number of thioether (sulfide) groups is 1. The number of ketones is 1. The van der Waals surface area contributed by atoms with Crippen LogP contribution in [-0.4, -0.2) is 67.9 Å². The molecular formula is C33H44N8O4S. The van der Waals surface area contributed by atoms with Crippen molar-refractivity contribution in [2.45, 2.75) is 103 Å². The summed E-state index contributed by atoms with van der Waals surface area (Å²) in [5.74, 6) is 1.70. The Hall–Kier alpha value is -4.00. The zero-order valence-electron chi connectivity index (χ0n) is 28.1. The van der Waals surface area contributed by atoms with E-state index in [9.17, 15) is 14.4 Å². The highest BCUT2D eigenvalue weighted by Gasteiger charge is 2.47. The fraction of sp³-hybridized carbons (Fsp3) is 0.545. The lowest BCUT2D eigenvalue weighted by molar-refractivity contribution is -0.116. The topological polar surface area (TPSA) is 135 Å². The predicted molar refractivity (Wildman–Crippen MR) is 178 cm³/mol. The molecule has 1 aliphatic carbocycles. The van der Waals surface area contributed by atoms with Crippen LogP contribution in [0.4, 0.5) is 16.4 Å². The number of pyridine rings is 2. The lowest BCUT2D eigenvalue weighted by atomic mass is 9.81. The molecule has 0 radical (unpaired) electrons. The summed E-state index contributed by atoms with van der Waals surface area (Å²) in [6.07, 6.45) is 1.76. The van der Waals surface area contributed by atoms with Crippen LogP contribution in [-0.2, 0) is 16.1 Å². The third-order valence-electron chi connectivity index (χ3n) is 8.49. The molecule has 1 aliphatic heterocycles. The minimum absolute atomic E-state index is 0.0137. The van der Waals surface area contributed by atoms with E-state index in [4.69, 9.17) is 14.7 Å². The first-order chi connectivity index (χ1) is 21.7. The monoisotopic (exact) mass is 648 g/mol. The highest BCUT2D eigenvalue weighted by atomic mass is 32.2. The number of fused-ring (bicyclic) bond motifs is 1. The first-order valence-electron chi connectivity index (χ1n) is 15.8. The van der Waals surface area contributed by atoms with Gasteiger partial charge in [-0.15, -0.1) is 10.2 Å². The van der Waals surface area contributed by atoms with Gasteiger partial charge in [0.25, 0.3) is 5.91 Å². The van der Waals surface area contributed by atoms with Gasteiger partial charge in [-0.2, -0.15) is 0 Å². The van der Waals surface area contributed by atoms with Crippen molar-refractivity contribution < 1.29 is 19.1 Å². The van der Waals surface area contributed by atoms with Gasteiger partial charge in [0.1, 0.15) is 29.7 Å². The number of hydrogen-bond acceptors (Lipinski definition) is 10. The molecule has 0 bridgehead atoms. The van der Waals surface area contributed by atoms with Crippen molar-refractivity contribution in [1.82, 2.24) is 30.0 Å². The number of ether oxygens (including phenoxy) is 1. The van der Waals surface area contributed by atoms with Crippen molar-refractivity contribution in [2.24, 2.45) is 5.41 Å². The van der Waals surface area contributed by atoms with E-state index in [1.807, 2.05) is 54.6 Å². The van der Waals surface area contributed by atoms with E-state index in [1.165, 1.54) is 18.8 Å². The molecule has 46 heavy (non-hydrogen) atoms. The number of carbonyl (C=O) groups is 3. The average Bonchev–Trinajstić information content (AvgIpc) is 3.70. The summed E-state index contributed by atoms with van der Waals surface area (Å²) in [5.41, 5.74) is 1.88. The number of nitrogens with one attached hydrogen (secondary N) is 1. The van der Waals surface area contributed by atoms with Crippen LogP contribution < -0.4 is 15.1 Å². The average molecular weight is 649 g/mol. The van der Waals surface area contributed by atoms with E-state index >= 15 is 0 Å². The van der Waals surface area contributed by atoms with Crippen molar-refractivity contribution in [3.05, 3.63) is 41.1 Å². The van der Waals surface area contributed by atoms with Crippen molar-refractivity contribution in [3.63, 3.8) is 0 Å². The maximum absolute atomic E-state index is 14.4. The van der Waals surface area contributed by atoms with E-state index in [0.717, 1.165) is 18.4 Å². The highest BCUT2D eigenvalue weighted by Crippen LogP contribution is 2.49. The smallest absolute Gasteiger partial charge is 0.407 e. The molecule has 0 aromatic carbocycles. The number of amides is 2. The Morgan fingerprint density at radius 1 is 1.15 bits per heavy atom.